The zero-order valence-electron chi connectivity index (χ0n) is 21.3. The van der Waals surface area contributed by atoms with Gasteiger partial charge in [0, 0.05) is 12.1 Å². The van der Waals surface area contributed by atoms with Gasteiger partial charge in [-0.1, -0.05) is 37.3 Å². The van der Waals surface area contributed by atoms with E-state index in [0.29, 0.717) is 12.0 Å². The monoisotopic (exact) mass is 519 g/mol. The number of hydrogen-bond donors (Lipinski definition) is 1. The highest BCUT2D eigenvalue weighted by atomic mass is 32.2. The van der Waals surface area contributed by atoms with Gasteiger partial charge in [0.15, 0.2) is 0 Å². The molecule has 36 heavy (non-hydrogen) atoms. The minimum atomic E-state index is -4.28. The molecule has 2 unspecified atom stereocenters. The molecular formula is C25H33N3O7S. The Morgan fingerprint density at radius 2 is 1.67 bits per heavy atom. The maximum absolute atomic E-state index is 13.1. The molecule has 2 rings (SSSR count). The number of nitrogens with one attached hydrogen (secondary N) is 1. The average molecular weight is 520 g/mol. The van der Waals surface area contributed by atoms with Crippen LogP contribution in [0.1, 0.15) is 59.6 Å². The maximum atomic E-state index is 13.1. The Morgan fingerprint density at radius 3 is 2.14 bits per heavy atom. The van der Waals surface area contributed by atoms with E-state index in [1.807, 2.05) is 25.1 Å². The number of ether oxygens (including phenoxy) is 2. The van der Waals surface area contributed by atoms with Crippen LogP contribution in [0.4, 0.5) is 10.5 Å². The third-order valence-electron chi connectivity index (χ3n) is 4.90. The largest absolute Gasteiger partial charge is 0.477 e. The first-order chi connectivity index (χ1) is 16.7. The summed E-state index contributed by atoms with van der Waals surface area (Å²) in [6.45, 7) is 10.5. The first-order valence-electron chi connectivity index (χ1n) is 11.5. The molecule has 0 saturated carbocycles. The number of amides is 1. The number of non-ortho nitro benzene ring substituents is 1. The molecule has 11 heteroatoms. The number of sulfonamides is 1. The van der Waals surface area contributed by atoms with Gasteiger partial charge in [-0.05, 0) is 58.7 Å². The number of carbonyl (C=O) groups excluding carboxylic acids is 1. The molecule has 2 aromatic carbocycles. The van der Waals surface area contributed by atoms with Crippen LogP contribution >= 0.6 is 0 Å². The normalized spacial score (nSPS) is 14.1. The molecule has 0 radical (unpaired) electrons. The number of carbonyl (C=O) groups is 1. The molecule has 0 heterocycles. The van der Waals surface area contributed by atoms with Crippen molar-refractivity contribution < 1.29 is 27.6 Å². The molecule has 0 fully saturated rings. The number of nitro benzene ring substituents is 1. The highest BCUT2D eigenvalue weighted by Crippen LogP contribution is 2.29. The fraction of sp³-hybridized carbons (Fsp3) is 0.440. The van der Waals surface area contributed by atoms with Crippen LogP contribution in [0, 0.1) is 16.0 Å². The van der Waals surface area contributed by atoms with Crippen molar-refractivity contribution in [1.82, 2.24) is 5.32 Å². The van der Waals surface area contributed by atoms with Crippen LogP contribution in [0.25, 0.3) is 0 Å². The van der Waals surface area contributed by atoms with Gasteiger partial charge in [-0.25, -0.2) is 4.79 Å². The number of alkyl carbamates (subject to hydrolysis) is 1. The van der Waals surface area contributed by atoms with Crippen LogP contribution < -0.4 is 5.32 Å². The second-order valence-corrected chi connectivity index (χ2v) is 11.0. The van der Waals surface area contributed by atoms with Crippen molar-refractivity contribution >= 4 is 27.7 Å². The van der Waals surface area contributed by atoms with Crippen molar-refractivity contribution in [2.45, 2.75) is 70.6 Å². The maximum Gasteiger partial charge on any atom is 0.408 e. The highest BCUT2D eigenvalue weighted by molar-refractivity contribution is 7.90. The Balaban J connectivity index is 2.56. The van der Waals surface area contributed by atoms with Crippen molar-refractivity contribution in [2.75, 3.05) is 0 Å². The Kier molecular flexibility index (Phi) is 9.57. The summed E-state index contributed by atoms with van der Waals surface area (Å²) in [5, 5.41) is 13.8. The lowest BCUT2D eigenvalue weighted by atomic mass is 9.90. The molecule has 0 aliphatic carbocycles. The van der Waals surface area contributed by atoms with Crippen LogP contribution in [-0.4, -0.2) is 37.0 Å². The highest BCUT2D eigenvalue weighted by Gasteiger charge is 2.33. The Morgan fingerprint density at radius 1 is 1.08 bits per heavy atom. The summed E-state index contributed by atoms with van der Waals surface area (Å²) < 4.78 is 41.6. The minimum Gasteiger partial charge on any atom is -0.477 e. The van der Waals surface area contributed by atoms with Crippen LogP contribution in [-0.2, 0) is 19.5 Å². The fourth-order valence-corrected chi connectivity index (χ4v) is 4.39. The summed E-state index contributed by atoms with van der Waals surface area (Å²) in [5.74, 6) is -0.758. The van der Waals surface area contributed by atoms with Gasteiger partial charge in [-0.2, -0.15) is 8.42 Å². The van der Waals surface area contributed by atoms with E-state index in [9.17, 15) is 23.3 Å². The topological polar surface area (TPSA) is 137 Å². The van der Waals surface area contributed by atoms with E-state index in [1.54, 1.807) is 46.8 Å². The third-order valence-corrected chi connectivity index (χ3v) is 6.19. The molecule has 2 atom stereocenters. The summed E-state index contributed by atoms with van der Waals surface area (Å²) in [4.78, 5) is 22.8. The van der Waals surface area contributed by atoms with E-state index in [4.69, 9.17) is 9.47 Å². The van der Waals surface area contributed by atoms with Crippen molar-refractivity contribution in [3.63, 3.8) is 0 Å². The van der Waals surface area contributed by atoms with Gasteiger partial charge >= 0.3 is 6.09 Å². The van der Waals surface area contributed by atoms with Crippen LogP contribution in [0.2, 0.25) is 0 Å². The summed E-state index contributed by atoms with van der Waals surface area (Å²) in [7, 11) is -4.28. The van der Waals surface area contributed by atoms with Crippen molar-refractivity contribution in [3.05, 3.63) is 70.3 Å². The third kappa shape index (κ3) is 8.33. The molecule has 0 aliphatic rings. The van der Waals surface area contributed by atoms with Crippen molar-refractivity contribution in [3.8, 4) is 0 Å². The van der Waals surface area contributed by atoms with E-state index in [0.717, 1.165) is 24.3 Å². The predicted molar refractivity (Wildman–Crippen MR) is 136 cm³/mol. The van der Waals surface area contributed by atoms with Crippen LogP contribution in [0.5, 0.6) is 0 Å². The Hall–Kier alpha value is -3.47. The van der Waals surface area contributed by atoms with E-state index in [2.05, 4.69) is 9.71 Å². The van der Waals surface area contributed by atoms with Gasteiger partial charge < -0.3 is 14.8 Å². The lowest BCUT2D eigenvalue weighted by Gasteiger charge is -2.30. The Bertz CT molecular complexity index is 1170. The standard InChI is InChI=1S/C25H33N3O7S/c1-7-21(22(18-11-9-8-10-12-18)26-24(29)35-25(4,5)6)23(34-17(2)3)27-36(32,33)20-15-13-19(14-16-20)28(30)31/h8-17,21-22H,7H2,1-6H3,(H,26,29). The zero-order chi connectivity index (χ0) is 27.1. The first kappa shape index (κ1) is 28.8. The smallest absolute Gasteiger partial charge is 0.408 e. The summed E-state index contributed by atoms with van der Waals surface area (Å²) in [6, 6.07) is 12.8. The fourth-order valence-electron chi connectivity index (χ4n) is 3.39. The molecule has 196 valence electrons. The van der Waals surface area contributed by atoms with Gasteiger partial charge in [-0.3, -0.25) is 10.1 Å². The number of rotatable bonds is 9. The number of nitro groups is 1. The van der Waals surface area contributed by atoms with Crippen molar-refractivity contribution in [2.24, 2.45) is 10.3 Å². The number of benzene rings is 2. The second kappa shape index (κ2) is 12.0. The Labute approximate surface area is 211 Å². The van der Waals surface area contributed by atoms with E-state index in [-0.39, 0.29) is 16.5 Å². The number of hydrogen-bond acceptors (Lipinski definition) is 7. The molecule has 1 N–H and O–H groups in total. The van der Waals surface area contributed by atoms with Gasteiger partial charge in [0.25, 0.3) is 15.7 Å². The van der Waals surface area contributed by atoms with Crippen LogP contribution in [0.15, 0.2) is 63.9 Å². The minimum absolute atomic E-state index is 0.0873. The molecule has 0 aromatic heterocycles. The van der Waals surface area contributed by atoms with Crippen LogP contribution in [0.3, 0.4) is 0 Å². The van der Waals surface area contributed by atoms with E-state index in [1.165, 1.54) is 0 Å². The predicted octanol–water partition coefficient (Wildman–Crippen LogP) is 5.40. The zero-order valence-corrected chi connectivity index (χ0v) is 22.1. The van der Waals surface area contributed by atoms with Gasteiger partial charge in [0.05, 0.1) is 27.9 Å². The quantitative estimate of drug-likeness (QED) is 0.203. The SMILES string of the molecule is CCC(C(=NS(=O)(=O)c1ccc([N+](=O)[O-])cc1)OC(C)C)C(NC(=O)OC(C)(C)C)c1ccccc1. The van der Waals surface area contributed by atoms with Crippen molar-refractivity contribution in [1.29, 1.82) is 0 Å². The second-order valence-electron chi connectivity index (χ2n) is 9.37. The molecule has 1 amide bonds. The van der Waals surface area contributed by atoms with Gasteiger partial charge in [0.1, 0.15) is 5.60 Å². The molecule has 0 bridgehead atoms. The molecule has 0 aliphatic heterocycles. The van der Waals surface area contributed by atoms with Gasteiger partial charge in [0.2, 0.25) is 5.90 Å². The van der Waals surface area contributed by atoms with E-state index < -0.39 is 44.7 Å². The molecule has 0 saturated heterocycles. The lowest BCUT2D eigenvalue weighted by molar-refractivity contribution is -0.384. The summed E-state index contributed by atoms with van der Waals surface area (Å²) in [6.07, 6.45) is -0.712. The lowest BCUT2D eigenvalue weighted by Crippen LogP contribution is -2.41. The summed E-state index contributed by atoms with van der Waals surface area (Å²) in [5.41, 5.74) is -0.269. The molecule has 2 aromatic rings. The first-order valence-corrected chi connectivity index (χ1v) is 13.0. The van der Waals surface area contributed by atoms with Gasteiger partial charge in [-0.15, -0.1) is 4.40 Å². The average Bonchev–Trinajstić information content (AvgIpc) is 2.77. The molecule has 10 nitrogen and oxygen atoms in total. The summed E-state index contributed by atoms with van der Waals surface area (Å²) >= 11 is 0. The molecular weight excluding hydrogens is 486 g/mol. The van der Waals surface area contributed by atoms with E-state index >= 15 is 0 Å². The number of nitrogens with zero attached hydrogens (tertiary/aromatic N) is 2. The molecule has 0 spiro atoms.